The van der Waals surface area contributed by atoms with Gasteiger partial charge < -0.3 is 5.73 Å². The van der Waals surface area contributed by atoms with Gasteiger partial charge in [-0.25, -0.2) is 0 Å². The van der Waals surface area contributed by atoms with Crippen molar-refractivity contribution < 1.29 is 0 Å². The summed E-state index contributed by atoms with van der Waals surface area (Å²) in [6.07, 6.45) is 5.49. The molecule has 5 rings (SSSR count). The zero-order chi connectivity index (χ0) is 25.1. The normalized spacial score (nSPS) is 14.8. The predicted octanol–water partition coefficient (Wildman–Crippen LogP) is 7.85. The van der Waals surface area contributed by atoms with Crippen molar-refractivity contribution in [1.29, 1.82) is 10.5 Å². The fourth-order valence-electron chi connectivity index (χ4n) is 4.73. The van der Waals surface area contributed by atoms with Crippen LogP contribution in [0, 0.1) is 28.6 Å². The second kappa shape index (κ2) is 9.79. The molecular formula is C33H25N3. The van der Waals surface area contributed by atoms with Crippen molar-refractivity contribution in [2.45, 2.75) is 13.3 Å². The van der Waals surface area contributed by atoms with Crippen LogP contribution in [0.15, 0.2) is 103 Å². The van der Waals surface area contributed by atoms with Crippen molar-refractivity contribution >= 4 is 16.8 Å². The molecule has 0 fully saturated rings. The standard InChI is InChI=1S/C33H25N3/c1-22-7-12-28(25-5-3-2-4-6-25)17-30(22)32-19-29(26-13-8-23(20-34)9-14-26)18-31(33(32)36)27-15-10-24(21-35)11-16-27/h2-6,8-19,22H,7,36H2,1H3. The topological polar surface area (TPSA) is 73.6 Å². The minimum atomic E-state index is 0.310. The first-order valence-corrected chi connectivity index (χ1v) is 12.0. The van der Waals surface area contributed by atoms with E-state index in [1.807, 2.05) is 54.6 Å². The molecule has 0 spiro atoms. The van der Waals surface area contributed by atoms with E-state index in [-0.39, 0.29) is 0 Å². The minimum Gasteiger partial charge on any atom is -0.398 e. The van der Waals surface area contributed by atoms with Gasteiger partial charge in [-0.1, -0.05) is 73.7 Å². The van der Waals surface area contributed by atoms with Crippen molar-refractivity contribution in [3.05, 3.63) is 125 Å². The molecule has 0 aliphatic heterocycles. The molecule has 0 amide bonds. The first-order chi connectivity index (χ1) is 17.6. The SMILES string of the molecule is CC1CC=C(c2ccccc2)C=C1c1cc(-c2ccc(C#N)cc2)cc(-c2ccc(C#N)cc2)c1N. The quantitative estimate of drug-likeness (QED) is 0.313. The van der Waals surface area contributed by atoms with Crippen LogP contribution in [-0.2, 0) is 0 Å². The smallest absolute Gasteiger partial charge is 0.0991 e. The number of nitrogens with zero attached hydrogens (tertiary/aromatic N) is 2. The Labute approximate surface area is 212 Å². The van der Waals surface area contributed by atoms with Gasteiger partial charge in [0, 0.05) is 16.8 Å². The molecule has 1 atom stereocenters. The van der Waals surface area contributed by atoms with Gasteiger partial charge in [0.15, 0.2) is 0 Å². The van der Waals surface area contributed by atoms with E-state index in [9.17, 15) is 10.5 Å². The van der Waals surface area contributed by atoms with Crippen molar-refractivity contribution in [3.63, 3.8) is 0 Å². The Balaban J connectivity index is 1.70. The van der Waals surface area contributed by atoms with Crippen LogP contribution in [0.5, 0.6) is 0 Å². The fourth-order valence-corrected chi connectivity index (χ4v) is 4.73. The van der Waals surface area contributed by atoms with Crippen molar-refractivity contribution in [2.75, 3.05) is 5.73 Å². The summed E-state index contributed by atoms with van der Waals surface area (Å²) in [5, 5.41) is 18.5. The Bertz CT molecular complexity index is 1560. The van der Waals surface area contributed by atoms with Gasteiger partial charge in [-0.05, 0) is 82.1 Å². The maximum absolute atomic E-state index is 9.24. The van der Waals surface area contributed by atoms with Gasteiger partial charge in [0.05, 0.1) is 23.3 Å². The van der Waals surface area contributed by atoms with Gasteiger partial charge in [-0.15, -0.1) is 0 Å². The van der Waals surface area contributed by atoms with Crippen LogP contribution in [0.2, 0.25) is 0 Å². The highest BCUT2D eigenvalue weighted by atomic mass is 14.6. The number of nitriles is 2. The maximum atomic E-state index is 9.24. The molecule has 3 heteroatoms. The average molecular weight is 464 g/mol. The lowest BCUT2D eigenvalue weighted by Gasteiger charge is -2.24. The molecule has 0 bridgehead atoms. The molecular weight excluding hydrogens is 438 g/mol. The Kier molecular flexibility index (Phi) is 6.23. The molecule has 2 N–H and O–H groups in total. The zero-order valence-corrected chi connectivity index (χ0v) is 20.1. The third kappa shape index (κ3) is 4.43. The van der Waals surface area contributed by atoms with E-state index in [1.165, 1.54) is 16.7 Å². The fraction of sp³-hybridized carbons (Fsp3) is 0.0909. The number of anilines is 1. The number of nitrogen functional groups attached to an aromatic ring is 1. The van der Waals surface area contributed by atoms with Crippen LogP contribution < -0.4 is 5.73 Å². The number of hydrogen-bond acceptors (Lipinski definition) is 3. The monoisotopic (exact) mass is 463 g/mol. The zero-order valence-electron chi connectivity index (χ0n) is 20.1. The van der Waals surface area contributed by atoms with E-state index >= 15 is 0 Å². The van der Waals surface area contributed by atoms with E-state index < -0.39 is 0 Å². The van der Waals surface area contributed by atoms with E-state index in [1.54, 1.807) is 0 Å². The lowest BCUT2D eigenvalue weighted by molar-refractivity contribution is 0.761. The third-order valence-corrected chi connectivity index (χ3v) is 6.80. The number of rotatable bonds is 4. The van der Waals surface area contributed by atoms with Crippen LogP contribution in [0.1, 0.15) is 35.6 Å². The van der Waals surface area contributed by atoms with Crippen LogP contribution in [0.25, 0.3) is 33.4 Å². The molecule has 1 aliphatic carbocycles. The van der Waals surface area contributed by atoms with Gasteiger partial charge in [0.25, 0.3) is 0 Å². The summed E-state index contributed by atoms with van der Waals surface area (Å²) in [7, 11) is 0. The summed E-state index contributed by atoms with van der Waals surface area (Å²) >= 11 is 0. The van der Waals surface area contributed by atoms with Gasteiger partial charge in [0.1, 0.15) is 0 Å². The molecule has 0 radical (unpaired) electrons. The third-order valence-electron chi connectivity index (χ3n) is 6.80. The molecule has 0 aromatic heterocycles. The van der Waals surface area contributed by atoms with Crippen LogP contribution >= 0.6 is 0 Å². The van der Waals surface area contributed by atoms with Crippen molar-refractivity contribution in [1.82, 2.24) is 0 Å². The summed E-state index contributed by atoms with van der Waals surface area (Å²) in [5.74, 6) is 0.310. The second-order valence-corrected chi connectivity index (χ2v) is 9.13. The molecule has 0 saturated heterocycles. The van der Waals surface area contributed by atoms with Crippen LogP contribution in [0.3, 0.4) is 0 Å². The van der Waals surface area contributed by atoms with Gasteiger partial charge in [-0.3, -0.25) is 0 Å². The van der Waals surface area contributed by atoms with Crippen LogP contribution in [-0.4, -0.2) is 0 Å². The Hall–Kier alpha value is -4.86. The highest BCUT2D eigenvalue weighted by Crippen LogP contribution is 2.42. The first-order valence-electron chi connectivity index (χ1n) is 12.0. The first kappa shape index (κ1) is 22.9. The highest BCUT2D eigenvalue weighted by Gasteiger charge is 2.21. The highest BCUT2D eigenvalue weighted by molar-refractivity contribution is 5.95. The van der Waals surface area contributed by atoms with E-state index in [2.05, 4.69) is 67.6 Å². The average Bonchev–Trinajstić information content (AvgIpc) is 2.94. The molecule has 0 saturated carbocycles. The lowest BCUT2D eigenvalue weighted by Crippen LogP contribution is -2.07. The largest absolute Gasteiger partial charge is 0.398 e. The number of nitrogens with two attached hydrogens (primary N) is 1. The molecule has 4 aromatic rings. The molecule has 172 valence electrons. The van der Waals surface area contributed by atoms with Gasteiger partial charge in [0.2, 0.25) is 0 Å². The summed E-state index contributed by atoms with van der Waals surface area (Å²) in [5.41, 5.74) is 17.4. The van der Waals surface area contributed by atoms with Gasteiger partial charge in [-0.2, -0.15) is 10.5 Å². The molecule has 36 heavy (non-hydrogen) atoms. The molecule has 1 unspecified atom stereocenters. The minimum absolute atomic E-state index is 0.310. The van der Waals surface area contributed by atoms with Crippen molar-refractivity contribution in [2.24, 2.45) is 5.92 Å². The van der Waals surface area contributed by atoms with Crippen molar-refractivity contribution in [3.8, 4) is 34.4 Å². The predicted molar refractivity (Wildman–Crippen MR) is 147 cm³/mol. The maximum Gasteiger partial charge on any atom is 0.0991 e. The Morgan fingerprint density at radius 1 is 0.694 bits per heavy atom. The molecule has 0 heterocycles. The Morgan fingerprint density at radius 3 is 1.89 bits per heavy atom. The Morgan fingerprint density at radius 2 is 1.28 bits per heavy atom. The van der Waals surface area contributed by atoms with E-state index in [4.69, 9.17) is 5.73 Å². The van der Waals surface area contributed by atoms with Gasteiger partial charge >= 0.3 is 0 Å². The second-order valence-electron chi connectivity index (χ2n) is 9.13. The number of hydrogen-bond donors (Lipinski definition) is 1. The summed E-state index contributed by atoms with van der Waals surface area (Å²) < 4.78 is 0. The summed E-state index contributed by atoms with van der Waals surface area (Å²) in [6, 6.07) is 34.2. The number of allylic oxidation sites excluding steroid dienone is 4. The summed E-state index contributed by atoms with van der Waals surface area (Å²) in [4.78, 5) is 0. The lowest BCUT2D eigenvalue weighted by atomic mass is 9.81. The molecule has 4 aromatic carbocycles. The molecule has 1 aliphatic rings. The number of benzene rings is 4. The van der Waals surface area contributed by atoms with Crippen LogP contribution in [0.4, 0.5) is 5.69 Å². The van der Waals surface area contributed by atoms with E-state index in [0.717, 1.165) is 39.9 Å². The summed E-state index contributed by atoms with van der Waals surface area (Å²) in [6.45, 7) is 2.24. The van der Waals surface area contributed by atoms with E-state index in [0.29, 0.717) is 17.0 Å². The molecule has 3 nitrogen and oxygen atoms in total.